The highest BCUT2D eigenvalue weighted by molar-refractivity contribution is 5.87. The van der Waals surface area contributed by atoms with Crippen LogP contribution in [0, 0.1) is 0 Å². The van der Waals surface area contributed by atoms with Crippen molar-refractivity contribution in [3.8, 4) is 0 Å². The molecule has 0 aliphatic heterocycles. The van der Waals surface area contributed by atoms with E-state index in [9.17, 15) is 4.79 Å². The van der Waals surface area contributed by atoms with Crippen molar-refractivity contribution in [3.05, 3.63) is 65.5 Å². The van der Waals surface area contributed by atoms with Crippen molar-refractivity contribution in [1.82, 2.24) is 9.55 Å². The summed E-state index contributed by atoms with van der Waals surface area (Å²) in [5.74, 6) is 0.169. The number of benzene rings is 2. The van der Waals surface area contributed by atoms with Crippen LogP contribution in [0.1, 0.15) is 41.5 Å². The number of rotatable bonds is 6. The summed E-state index contributed by atoms with van der Waals surface area (Å²) in [5, 5.41) is 9.16. The van der Waals surface area contributed by atoms with Gasteiger partial charge in [-0.1, -0.05) is 37.6 Å². The van der Waals surface area contributed by atoms with Crippen molar-refractivity contribution >= 4 is 17.0 Å². The maximum atomic E-state index is 11.2. The first kappa shape index (κ1) is 15.3. The van der Waals surface area contributed by atoms with Crippen LogP contribution >= 0.6 is 0 Å². The van der Waals surface area contributed by atoms with Crippen LogP contribution in [0.2, 0.25) is 0 Å². The molecule has 0 fully saturated rings. The van der Waals surface area contributed by atoms with Gasteiger partial charge in [-0.25, -0.2) is 9.78 Å². The van der Waals surface area contributed by atoms with Crippen LogP contribution in [0.5, 0.6) is 0 Å². The Morgan fingerprint density at radius 1 is 1.17 bits per heavy atom. The normalized spacial score (nSPS) is 11.0. The van der Waals surface area contributed by atoms with Gasteiger partial charge in [0.05, 0.1) is 16.6 Å². The van der Waals surface area contributed by atoms with E-state index < -0.39 is 5.97 Å². The van der Waals surface area contributed by atoms with Crippen LogP contribution in [0.3, 0.4) is 0 Å². The van der Waals surface area contributed by atoms with Crippen molar-refractivity contribution in [2.45, 2.75) is 32.7 Å². The van der Waals surface area contributed by atoms with E-state index in [1.54, 1.807) is 18.2 Å². The minimum absolute atomic E-state index is 0.321. The summed E-state index contributed by atoms with van der Waals surface area (Å²) in [5.41, 5.74) is 3.39. The van der Waals surface area contributed by atoms with Gasteiger partial charge >= 0.3 is 5.97 Å². The summed E-state index contributed by atoms with van der Waals surface area (Å²) < 4.78 is 2.20. The van der Waals surface area contributed by atoms with Crippen molar-refractivity contribution in [1.29, 1.82) is 0 Å². The minimum atomic E-state index is -0.895. The number of carboxylic acid groups (broad SMARTS) is 1. The third-order valence-electron chi connectivity index (χ3n) is 4.00. The molecule has 0 aliphatic carbocycles. The Labute approximate surface area is 135 Å². The lowest BCUT2D eigenvalue weighted by Crippen LogP contribution is -2.06. The lowest BCUT2D eigenvalue weighted by Gasteiger charge is -2.10. The summed E-state index contributed by atoms with van der Waals surface area (Å²) in [6, 6.07) is 15.2. The number of nitrogens with zero attached hydrogens (tertiary/aromatic N) is 2. The zero-order valence-electron chi connectivity index (χ0n) is 13.2. The third kappa shape index (κ3) is 3.26. The Bertz CT molecular complexity index is 836. The predicted octanol–water partition coefficient (Wildman–Crippen LogP) is 4.13. The van der Waals surface area contributed by atoms with E-state index in [1.807, 2.05) is 24.3 Å². The number of para-hydroxylation sites is 2. The molecule has 0 saturated carbocycles. The number of unbranched alkanes of at least 4 members (excludes halogenated alkanes) is 1. The number of hydrogen-bond acceptors (Lipinski definition) is 2. The van der Waals surface area contributed by atoms with Gasteiger partial charge in [0.25, 0.3) is 0 Å². The van der Waals surface area contributed by atoms with Gasteiger partial charge in [-0.05, 0) is 36.2 Å². The molecule has 0 atom stereocenters. The van der Waals surface area contributed by atoms with E-state index >= 15 is 0 Å². The molecule has 23 heavy (non-hydrogen) atoms. The number of fused-ring (bicyclic) bond motifs is 1. The first-order valence-corrected chi connectivity index (χ1v) is 7.95. The lowest BCUT2D eigenvalue weighted by molar-refractivity contribution is 0.0696. The number of carbonyl (C=O) groups is 1. The topological polar surface area (TPSA) is 55.1 Å². The van der Waals surface area contributed by atoms with Crippen molar-refractivity contribution in [2.75, 3.05) is 0 Å². The van der Waals surface area contributed by atoms with Gasteiger partial charge < -0.3 is 9.67 Å². The number of aryl methyl sites for hydroxylation is 1. The summed E-state index contributed by atoms with van der Waals surface area (Å²) >= 11 is 0. The molecule has 4 heteroatoms. The van der Waals surface area contributed by atoms with Crippen molar-refractivity contribution in [2.24, 2.45) is 0 Å². The molecule has 3 aromatic rings. The van der Waals surface area contributed by atoms with Crippen molar-refractivity contribution in [3.63, 3.8) is 0 Å². The molecule has 2 aromatic carbocycles. The summed E-state index contributed by atoms with van der Waals surface area (Å²) in [6.07, 6.45) is 3.15. The Morgan fingerprint density at radius 3 is 2.78 bits per heavy atom. The van der Waals surface area contributed by atoms with Gasteiger partial charge in [-0.15, -0.1) is 0 Å². The first-order valence-electron chi connectivity index (χ1n) is 7.95. The second-order valence-electron chi connectivity index (χ2n) is 5.71. The molecular formula is C19H20N2O2. The number of hydrogen-bond donors (Lipinski definition) is 1. The molecule has 0 bridgehead atoms. The fraction of sp³-hybridized carbons (Fsp3) is 0.263. The zero-order valence-corrected chi connectivity index (χ0v) is 13.2. The van der Waals surface area contributed by atoms with Gasteiger partial charge in [0.1, 0.15) is 5.82 Å². The van der Waals surface area contributed by atoms with Crippen LogP contribution in [0.15, 0.2) is 48.5 Å². The van der Waals surface area contributed by atoms with E-state index in [1.165, 1.54) is 0 Å². The smallest absolute Gasteiger partial charge is 0.335 e. The molecule has 118 valence electrons. The molecule has 0 saturated heterocycles. The van der Waals surface area contributed by atoms with Gasteiger partial charge in [-0.2, -0.15) is 0 Å². The van der Waals surface area contributed by atoms with E-state index in [4.69, 9.17) is 10.1 Å². The van der Waals surface area contributed by atoms with Gasteiger partial charge in [0, 0.05) is 13.0 Å². The first-order chi connectivity index (χ1) is 11.2. The fourth-order valence-electron chi connectivity index (χ4n) is 2.81. The average Bonchev–Trinajstić information content (AvgIpc) is 2.91. The highest BCUT2D eigenvalue weighted by atomic mass is 16.4. The standard InChI is InChI=1S/C19H20N2O2/c1-2-3-11-18-20-16-9-4-5-10-17(16)21(18)13-14-7-6-8-15(12-14)19(22)23/h4-10,12H,2-3,11,13H2,1H3,(H,22,23). The summed E-state index contributed by atoms with van der Waals surface area (Å²) in [4.78, 5) is 15.9. The molecule has 1 heterocycles. The SMILES string of the molecule is CCCCc1nc2ccccc2n1Cc1cccc(C(=O)O)c1. The van der Waals surface area contributed by atoms with E-state index in [-0.39, 0.29) is 0 Å². The number of aromatic carboxylic acids is 1. The maximum Gasteiger partial charge on any atom is 0.335 e. The average molecular weight is 308 g/mol. The molecule has 0 radical (unpaired) electrons. The second kappa shape index (κ2) is 6.65. The molecule has 4 nitrogen and oxygen atoms in total. The van der Waals surface area contributed by atoms with Gasteiger partial charge in [0.2, 0.25) is 0 Å². The molecule has 0 aliphatic rings. The maximum absolute atomic E-state index is 11.2. The molecule has 0 spiro atoms. The zero-order chi connectivity index (χ0) is 16.2. The van der Waals surface area contributed by atoms with Crippen LogP contribution < -0.4 is 0 Å². The minimum Gasteiger partial charge on any atom is -0.478 e. The Hall–Kier alpha value is -2.62. The van der Waals surface area contributed by atoms with Crippen LogP contribution in [-0.4, -0.2) is 20.6 Å². The highest BCUT2D eigenvalue weighted by Crippen LogP contribution is 2.20. The van der Waals surface area contributed by atoms with Crippen LogP contribution in [-0.2, 0) is 13.0 Å². The van der Waals surface area contributed by atoms with E-state index in [0.29, 0.717) is 12.1 Å². The quantitative estimate of drug-likeness (QED) is 0.745. The molecule has 0 amide bonds. The third-order valence-corrected chi connectivity index (χ3v) is 4.00. The molecule has 3 rings (SSSR count). The monoisotopic (exact) mass is 308 g/mol. The molecule has 1 N–H and O–H groups in total. The van der Waals surface area contributed by atoms with Crippen molar-refractivity contribution < 1.29 is 9.90 Å². The highest BCUT2D eigenvalue weighted by Gasteiger charge is 2.11. The largest absolute Gasteiger partial charge is 0.478 e. The van der Waals surface area contributed by atoms with Gasteiger partial charge in [0.15, 0.2) is 0 Å². The van der Waals surface area contributed by atoms with Crippen LogP contribution in [0.25, 0.3) is 11.0 Å². The van der Waals surface area contributed by atoms with Crippen LogP contribution in [0.4, 0.5) is 0 Å². The lowest BCUT2D eigenvalue weighted by atomic mass is 10.1. The fourth-order valence-corrected chi connectivity index (χ4v) is 2.81. The number of aromatic nitrogens is 2. The Kier molecular flexibility index (Phi) is 4.42. The molecule has 0 unspecified atom stereocenters. The second-order valence-corrected chi connectivity index (χ2v) is 5.71. The Balaban J connectivity index is 2.00. The Morgan fingerprint density at radius 2 is 2.00 bits per heavy atom. The van der Waals surface area contributed by atoms with E-state index in [0.717, 1.165) is 41.7 Å². The summed E-state index contributed by atoms with van der Waals surface area (Å²) in [6.45, 7) is 2.81. The van der Waals surface area contributed by atoms with Gasteiger partial charge in [-0.3, -0.25) is 0 Å². The molecular weight excluding hydrogens is 288 g/mol. The predicted molar refractivity (Wildman–Crippen MR) is 90.8 cm³/mol. The molecule has 1 aromatic heterocycles. The van der Waals surface area contributed by atoms with E-state index in [2.05, 4.69) is 17.6 Å². The number of imidazole rings is 1. The number of carboxylic acids is 1. The summed E-state index contributed by atoms with van der Waals surface area (Å²) in [7, 11) is 0.